The van der Waals surface area contributed by atoms with E-state index < -0.39 is 0 Å². The van der Waals surface area contributed by atoms with Crippen molar-refractivity contribution in [1.82, 2.24) is 0 Å². The molecule has 2 atom stereocenters. The van der Waals surface area contributed by atoms with Gasteiger partial charge in [-0.05, 0) is 11.8 Å². The summed E-state index contributed by atoms with van der Waals surface area (Å²) in [5, 5.41) is 0. The highest BCUT2D eigenvalue weighted by Gasteiger charge is 2.12. The van der Waals surface area contributed by atoms with Gasteiger partial charge in [0, 0.05) is 0 Å². The molecule has 0 aliphatic carbocycles. The quantitative estimate of drug-likeness (QED) is 0.401. The normalized spacial score (nSPS) is 15.2. The molecular weight excluding hydrogens is 180 g/mol. The maximum Gasteiger partial charge on any atom is -0.0391 e. The van der Waals surface area contributed by atoms with Crippen LogP contribution >= 0.6 is 0 Å². The molecule has 0 fully saturated rings. The van der Waals surface area contributed by atoms with Gasteiger partial charge in [0.1, 0.15) is 0 Å². The Balaban J connectivity index is 3.38. The minimum absolute atomic E-state index is 0.936. The molecule has 0 rings (SSSR count). The van der Waals surface area contributed by atoms with Crippen LogP contribution in [-0.2, 0) is 0 Å². The average Bonchev–Trinajstić information content (AvgIpc) is 2.27. The molecule has 0 aliphatic rings. The molecule has 0 saturated carbocycles. The summed E-state index contributed by atoms with van der Waals surface area (Å²) < 4.78 is 0. The van der Waals surface area contributed by atoms with Crippen molar-refractivity contribution >= 4 is 0 Å². The fourth-order valence-electron chi connectivity index (χ4n) is 2.41. The molecule has 92 valence electrons. The van der Waals surface area contributed by atoms with Gasteiger partial charge in [0.25, 0.3) is 0 Å². The molecule has 0 aromatic heterocycles. The Morgan fingerprint density at radius 2 is 1.33 bits per heavy atom. The Morgan fingerprint density at radius 1 is 0.733 bits per heavy atom. The summed E-state index contributed by atoms with van der Waals surface area (Å²) in [5.74, 6) is 1.92. The van der Waals surface area contributed by atoms with E-state index in [4.69, 9.17) is 0 Å². The van der Waals surface area contributed by atoms with Crippen LogP contribution in [0.4, 0.5) is 0 Å². The van der Waals surface area contributed by atoms with Crippen molar-refractivity contribution < 1.29 is 0 Å². The van der Waals surface area contributed by atoms with Gasteiger partial charge in [-0.25, -0.2) is 0 Å². The fourth-order valence-corrected chi connectivity index (χ4v) is 2.41. The average molecular weight is 212 g/mol. The summed E-state index contributed by atoms with van der Waals surface area (Å²) >= 11 is 0. The molecule has 0 bridgehead atoms. The van der Waals surface area contributed by atoms with Crippen molar-refractivity contribution in [2.24, 2.45) is 11.8 Å². The number of rotatable bonds is 10. The SMILES string of the molecule is CCCCCCCCC(CC)C(C)CC. The standard InChI is InChI=1S/C15H32/c1-5-8-9-10-11-12-13-15(7-3)14(4)6-2/h14-15H,5-13H2,1-4H3. The van der Waals surface area contributed by atoms with Crippen molar-refractivity contribution in [3.63, 3.8) is 0 Å². The van der Waals surface area contributed by atoms with Crippen LogP contribution < -0.4 is 0 Å². The van der Waals surface area contributed by atoms with Gasteiger partial charge < -0.3 is 0 Å². The van der Waals surface area contributed by atoms with E-state index in [9.17, 15) is 0 Å². The highest BCUT2D eigenvalue weighted by atomic mass is 14.2. The van der Waals surface area contributed by atoms with E-state index >= 15 is 0 Å². The van der Waals surface area contributed by atoms with E-state index in [1.807, 2.05) is 0 Å². The van der Waals surface area contributed by atoms with E-state index in [0.717, 1.165) is 11.8 Å². The molecule has 0 saturated heterocycles. The van der Waals surface area contributed by atoms with E-state index in [1.54, 1.807) is 0 Å². The second-order valence-electron chi connectivity index (χ2n) is 5.11. The van der Waals surface area contributed by atoms with Crippen molar-refractivity contribution in [2.75, 3.05) is 0 Å². The molecule has 0 radical (unpaired) electrons. The zero-order chi connectivity index (χ0) is 11.5. The Labute approximate surface area is 97.8 Å². The summed E-state index contributed by atoms with van der Waals surface area (Å²) in [6.45, 7) is 9.39. The first-order chi connectivity index (χ1) is 7.26. The number of unbranched alkanes of at least 4 members (excludes halogenated alkanes) is 5. The molecule has 0 aliphatic heterocycles. The van der Waals surface area contributed by atoms with Crippen molar-refractivity contribution in [3.05, 3.63) is 0 Å². The summed E-state index contributed by atoms with van der Waals surface area (Å²) in [7, 11) is 0. The zero-order valence-corrected chi connectivity index (χ0v) is 11.5. The van der Waals surface area contributed by atoms with Gasteiger partial charge in [-0.3, -0.25) is 0 Å². The summed E-state index contributed by atoms with van der Waals surface area (Å²) in [6.07, 6.45) is 12.9. The molecule has 0 heteroatoms. The molecule has 0 nitrogen and oxygen atoms in total. The molecule has 0 aromatic carbocycles. The van der Waals surface area contributed by atoms with Crippen molar-refractivity contribution in [3.8, 4) is 0 Å². The maximum atomic E-state index is 2.42. The summed E-state index contributed by atoms with van der Waals surface area (Å²) in [4.78, 5) is 0. The van der Waals surface area contributed by atoms with Crippen molar-refractivity contribution in [1.29, 1.82) is 0 Å². The first-order valence-electron chi connectivity index (χ1n) is 7.26. The predicted molar refractivity (Wildman–Crippen MR) is 71.2 cm³/mol. The van der Waals surface area contributed by atoms with E-state index in [-0.39, 0.29) is 0 Å². The molecule has 15 heavy (non-hydrogen) atoms. The highest BCUT2D eigenvalue weighted by Crippen LogP contribution is 2.24. The Hall–Kier alpha value is 0. The van der Waals surface area contributed by atoms with Gasteiger partial charge >= 0.3 is 0 Å². The smallest absolute Gasteiger partial charge is 0.0391 e. The summed E-state index contributed by atoms with van der Waals surface area (Å²) in [6, 6.07) is 0. The molecule has 0 heterocycles. The Kier molecular flexibility index (Phi) is 10.5. The van der Waals surface area contributed by atoms with E-state index in [2.05, 4.69) is 27.7 Å². The van der Waals surface area contributed by atoms with Crippen molar-refractivity contribution in [2.45, 2.75) is 85.5 Å². The summed E-state index contributed by atoms with van der Waals surface area (Å²) in [5.41, 5.74) is 0. The minimum Gasteiger partial charge on any atom is -0.0654 e. The third-order valence-corrected chi connectivity index (χ3v) is 3.90. The van der Waals surface area contributed by atoms with Gasteiger partial charge in [-0.15, -0.1) is 0 Å². The predicted octanol–water partition coefficient (Wildman–Crippen LogP) is 5.81. The molecular formula is C15H32. The Bertz CT molecular complexity index is 117. The van der Waals surface area contributed by atoms with Gasteiger partial charge in [0.15, 0.2) is 0 Å². The minimum atomic E-state index is 0.936. The van der Waals surface area contributed by atoms with E-state index in [1.165, 1.54) is 57.8 Å². The molecule has 0 N–H and O–H groups in total. The molecule has 0 amide bonds. The van der Waals surface area contributed by atoms with E-state index in [0.29, 0.717) is 0 Å². The number of hydrogen-bond donors (Lipinski definition) is 0. The molecule has 0 aromatic rings. The third-order valence-electron chi connectivity index (χ3n) is 3.90. The first kappa shape index (κ1) is 15.0. The van der Waals surface area contributed by atoms with Gasteiger partial charge in [0.2, 0.25) is 0 Å². The Morgan fingerprint density at radius 3 is 1.87 bits per heavy atom. The lowest BCUT2D eigenvalue weighted by Crippen LogP contribution is -2.09. The lowest BCUT2D eigenvalue weighted by molar-refractivity contribution is 0.307. The van der Waals surface area contributed by atoms with Gasteiger partial charge in [-0.1, -0.05) is 85.5 Å². The maximum absolute atomic E-state index is 2.42. The van der Waals surface area contributed by atoms with Crippen LogP contribution in [0.5, 0.6) is 0 Å². The number of hydrogen-bond acceptors (Lipinski definition) is 0. The molecule has 0 spiro atoms. The largest absolute Gasteiger partial charge is 0.0654 e. The second kappa shape index (κ2) is 10.5. The monoisotopic (exact) mass is 212 g/mol. The second-order valence-corrected chi connectivity index (χ2v) is 5.11. The van der Waals surface area contributed by atoms with Crippen LogP contribution in [0.1, 0.15) is 85.5 Å². The zero-order valence-electron chi connectivity index (χ0n) is 11.5. The fraction of sp³-hybridized carbons (Fsp3) is 1.00. The van der Waals surface area contributed by atoms with Gasteiger partial charge in [-0.2, -0.15) is 0 Å². The highest BCUT2D eigenvalue weighted by molar-refractivity contribution is 4.64. The first-order valence-corrected chi connectivity index (χ1v) is 7.26. The van der Waals surface area contributed by atoms with Crippen LogP contribution in [0.15, 0.2) is 0 Å². The lowest BCUT2D eigenvalue weighted by atomic mass is 9.85. The van der Waals surface area contributed by atoms with Crippen LogP contribution in [0.3, 0.4) is 0 Å². The van der Waals surface area contributed by atoms with Crippen LogP contribution in [0, 0.1) is 11.8 Å². The lowest BCUT2D eigenvalue weighted by Gasteiger charge is -2.21. The van der Waals surface area contributed by atoms with Crippen LogP contribution in [0.2, 0.25) is 0 Å². The van der Waals surface area contributed by atoms with Crippen LogP contribution in [0.25, 0.3) is 0 Å². The third kappa shape index (κ3) is 7.88. The topological polar surface area (TPSA) is 0 Å². The molecule has 2 unspecified atom stereocenters. The van der Waals surface area contributed by atoms with Gasteiger partial charge in [0.05, 0.1) is 0 Å². The van der Waals surface area contributed by atoms with Crippen LogP contribution in [-0.4, -0.2) is 0 Å².